The molecule has 0 saturated heterocycles. The summed E-state index contributed by atoms with van der Waals surface area (Å²) in [5, 5.41) is 8.04. The molecule has 2 aromatic carbocycles. The van der Waals surface area contributed by atoms with Gasteiger partial charge >= 0.3 is 0 Å². The van der Waals surface area contributed by atoms with Gasteiger partial charge in [0.25, 0.3) is 0 Å². The van der Waals surface area contributed by atoms with Gasteiger partial charge in [0, 0.05) is 24.1 Å². The number of nitrogens with one attached hydrogen (secondary N) is 1. The van der Waals surface area contributed by atoms with Crippen molar-refractivity contribution in [1.29, 1.82) is 0 Å². The van der Waals surface area contributed by atoms with Gasteiger partial charge in [-0.25, -0.2) is 4.68 Å². The maximum atomic E-state index is 13.6. The van der Waals surface area contributed by atoms with E-state index in [1.54, 1.807) is 7.11 Å². The molecule has 2 atom stereocenters. The topological polar surface area (TPSA) is 87.5 Å². The number of carbonyl (C=O) groups is 1. The van der Waals surface area contributed by atoms with Crippen molar-refractivity contribution >= 4 is 11.7 Å². The van der Waals surface area contributed by atoms with E-state index in [2.05, 4.69) is 15.4 Å². The van der Waals surface area contributed by atoms with E-state index in [9.17, 15) is 4.79 Å². The predicted molar refractivity (Wildman–Crippen MR) is 126 cm³/mol. The number of benzene rings is 2. The van der Waals surface area contributed by atoms with Crippen LogP contribution in [-0.2, 0) is 4.79 Å². The first-order valence-corrected chi connectivity index (χ1v) is 11.6. The molecule has 3 aromatic rings. The molecular formula is C26H26N4O4. The molecule has 1 aliphatic carbocycles. The number of carbonyl (C=O) groups excluding carboxylic acids is 1. The molecule has 3 heterocycles. The van der Waals surface area contributed by atoms with Gasteiger partial charge < -0.3 is 19.5 Å². The summed E-state index contributed by atoms with van der Waals surface area (Å²) in [6.45, 7) is 3.10. The fraction of sp³-hybridized carbons (Fsp3) is 0.346. The van der Waals surface area contributed by atoms with Gasteiger partial charge in [-0.15, -0.1) is 0 Å². The second kappa shape index (κ2) is 8.20. The van der Waals surface area contributed by atoms with E-state index < -0.39 is 0 Å². The molecule has 1 N–H and O–H groups in total. The predicted octanol–water partition coefficient (Wildman–Crippen LogP) is 4.17. The standard InChI is InChI=1S/C26H26N4O4/c1-15-27-26-28-20-12-18(16-4-7-19(32-2)8-5-16)13-21(31)24(20)25(30(26)29-15)17-6-9-22-23(14-17)34-11-3-10-33-22/h4-9,14,18,25H,3,10-13H2,1-2H3,(H,27,28,29). The average Bonchev–Trinajstić information content (AvgIpc) is 3.06. The smallest absolute Gasteiger partial charge is 0.226 e. The number of fused-ring (bicyclic) bond motifs is 2. The highest BCUT2D eigenvalue weighted by Gasteiger charge is 2.40. The second-order valence-electron chi connectivity index (χ2n) is 8.91. The van der Waals surface area contributed by atoms with Crippen molar-refractivity contribution in [2.75, 3.05) is 25.6 Å². The van der Waals surface area contributed by atoms with E-state index in [4.69, 9.17) is 14.2 Å². The fourth-order valence-electron chi connectivity index (χ4n) is 5.09. The summed E-state index contributed by atoms with van der Waals surface area (Å²) >= 11 is 0. The molecule has 1 aromatic heterocycles. The first kappa shape index (κ1) is 20.8. The Morgan fingerprint density at radius 3 is 2.59 bits per heavy atom. The lowest BCUT2D eigenvalue weighted by molar-refractivity contribution is -0.116. The number of Topliss-reactive ketones (excluding diaryl/α,β-unsaturated/α-hetero) is 1. The summed E-state index contributed by atoms with van der Waals surface area (Å²) in [5.41, 5.74) is 3.71. The number of aryl methyl sites for hydroxylation is 1. The van der Waals surface area contributed by atoms with Crippen molar-refractivity contribution < 1.29 is 19.0 Å². The van der Waals surface area contributed by atoms with Crippen LogP contribution in [0.15, 0.2) is 53.7 Å². The summed E-state index contributed by atoms with van der Waals surface area (Å²) in [5.74, 6) is 3.74. The Morgan fingerprint density at radius 1 is 1.03 bits per heavy atom. The molecule has 3 aliphatic rings. The van der Waals surface area contributed by atoms with Gasteiger partial charge in [-0.3, -0.25) is 4.79 Å². The Labute approximate surface area is 197 Å². The number of aromatic nitrogens is 3. The Bertz CT molecular complexity index is 1290. The van der Waals surface area contributed by atoms with Gasteiger partial charge in [0.05, 0.1) is 20.3 Å². The van der Waals surface area contributed by atoms with Gasteiger partial charge in [-0.05, 0) is 54.7 Å². The van der Waals surface area contributed by atoms with Crippen LogP contribution in [0.4, 0.5) is 5.95 Å². The number of ether oxygens (including phenoxy) is 3. The van der Waals surface area contributed by atoms with E-state index in [-0.39, 0.29) is 17.7 Å². The third kappa shape index (κ3) is 3.50. The maximum Gasteiger partial charge on any atom is 0.226 e. The van der Waals surface area contributed by atoms with E-state index in [0.717, 1.165) is 46.7 Å². The largest absolute Gasteiger partial charge is 0.497 e. The molecular weight excluding hydrogens is 432 g/mol. The average molecular weight is 459 g/mol. The molecule has 6 rings (SSSR count). The molecule has 0 radical (unpaired) electrons. The minimum absolute atomic E-state index is 0.0876. The minimum atomic E-state index is -0.367. The Morgan fingerprint density at radius 2 is 1.79 bits per heavy atom. The zero-order valence-corrected chi connectivity index (χ0v) is 19.2. The van der Waals surface area contributed by atoms with Crippen molar-refractivity contribution in [1.82, 2.24) is 14.8 Å². The number of ketones is 1. The van der Waals surface area contributed by atoms with Crippen molar-refractivity contribution in [2.24, 2.45) is 0 Å². The highest BCUT2D eigenvalue weighted by atomic mass is 16.5. The lowest BCUT2D eigenvalue weighted by Crippen LogP contribution is -2.33. The van der Waals surface area contributed by atoms with E-state index in [1.165, 1.54) is 0 Å². The number of hydrogen-bond donors (Lipinski definition) is 1. The highest BCUT2D eigenvalue weighted by Crippen LogP contribution is 2.45. The van der Waals surface area contributed by atoms with Crippen LogP contribution in [0.2, 0.25) is 0 Å². The molecule has 0 fully saturated rings. The van der Waals surface area contributed by atoms with Gasteiger partial charge in [0.1, 0.15) is 17.6 Å². The molecule has 2 aliphatic heterocycles. The minimum Gasteiger partial charge on any atom is -0.497 e. The van der Waals surface area contributed by atoms with Gasteiger partial charge in [0.15, 0.2) is 17.3 Å². The molecule has 8 heteroatoms. The summed E-state index contributed by atoms with van der Waals surface area (Å²) in [7, 11) is 1.65. The molecule has 8 nitrogen and oxygen atoms in total. The Hall–Kier alpha value is -3.81. The summed E-state index contributed by atoms with van der Waals surface area (Å²) in [6, 6.07) is 13.5. The van der Waals surface area contributed by atoms with Crippen LogP contribution >= 0.6 is 0 Å². The number of hydrogen-bond acceptors (Lipinski definition) is 7. The van der Waals surface area contributed by atoms with Gasteiger partial charge in [-0.2, -0.15) is 10.1 Å². The lowest BCUT2D eigenvalue weighted by atomic mass is 9.78. The molecule has 2 unspecified atom stereocenters. The third-order valence-corrected chi connectivity index (χ3v) is 6.70. The molecule has 0 saturated carbocycles. The number of nitrogens with zero attached hydrogens (tertiary/aromatic N) is 3. The SMILES string of the molecule is COc1ccc(C2CC(=O)C3=C(C2)Nc2nc(C)nn2C3c2ccc3c(c2)OCCCO3)cc1. The van der Waals surface area contributed by atoms with Crippen LogP contribution in [-0.4, -0.2) is 40.9 Å². The van der Waals surface area contributed by atoms with E-state index >= 15 is 0 Å². The third-order valence-electron chi connectivity index (χ3n) is 6.70. The molecule has 0 amide bonds. The summed E-state index contributed by atoms with van der Waals surface area (Å²) in [6.07, 6.45) is 2.00. The molecule has 0 bridgehead atoms. The van der Waals surface area contributed by atoms with Crippen LogP contribution in [0.25, 0.3) is 0 Å². The Kier molecular flexibility index (Phi) is 5.01. The Balaban J connectivity index is 1.42. The second-order valence-corrected chi connectivity index (χ2v) is 8.91. The van der Waals surface area contributed by atoms with Crippen LogP contribution in [0.5, 0.6) is 17.2 Å². The molecule has 174 valence electrons. The monoisotopic (exact) mass is 458 g/mol. The van der Waals surface area contributed by atoms with Crippen molar-refractivity contribution in [3.05, 3.63) is 70.7 Å². The number of anilines is 1. The normalized spacial score (nSPS) is 21.3. The van der Waals surface area contributed by atoms with Crippen LogP contribution in [0.3, 0.4) is 0 Å². The van der Waals surface area contributed by atoms with Crippen molar-refractivity contribution in [3.63, 3.8) is 0 Å². The lowest BCUT2D eigenvalue weighted by Gasteiger charge is -2.35. The zero-order chi connectivity index (χ0) is 23.2. The van der Waals surface area contributed by atoms with Crippen molar-refractivity contribution in [3.8, 4) is 17.2 Å². The molecule has 34 heavy (non-hydrogen) atoms. The van der Waals surface area contributed by atoms with Crippen molar-refractivity contribution in [2.45, 2.75) is 38.1 Å². The first-order chi connectivity index (χ1) is 16.6. The summed E-state index contributed by atoms with van der Waals surface area (Å²) < 4.78 is 18.9. The maximum absolute atomic E-state index is 13.6. The van der Waals surface area contributed by atoms with Gasteiger partial charge in [0.2, 0.25) is 5.95 Å². The zero-order valence-electron chi connectivity index (χ0n) is 19.2. The summed E-state index contributed by atoms with van der Waals surface area (Å²) in [4.78, 5) is 18.2. The number of allylic oxidation sites excluding steroid dienone is 2. The quantitative estimate of drug-likeness (QED) is 0.630. The van der Waals surface area contributed by atoms with E-state index in [1.807, 2.05) is 54.1 Å². The number of rotatable bonds is 3. The van der Waals surface area contributed by atoms with Crippen LogP contribution in [0.1, 0.15) is 48.2 Å². The highest BCUT2D eigenvalue weighted by molar-refractivity contribution is 6.00. The molecule has 0 spiro atoms. The fourth-order valence-corrected chi connectivity index (χ4v) is 5.09. The van der Waals surface area contributed by atoms with Gasteiger partial charge in [-0.1, -0.05) is 18.2 Å². The van der Waals surface area contributed by atoms with Crippen LogP contribution < -0.4 is 19.5 Å². The first-order valence-electron chi connectivity index (χ1n) is 11.6. The van der Waals surface area contributed by atoms with Crippen LogP contribution in [0, 0.1) is 6.92 Å². The number of methoxy groups -OCH3 is 1. The van der Waals surface area contributed by atoms with E-state index in [0.29, 0.717) is 37.2 Å².